The fraction of sp³-hybridized carbons (Fsp3) is 0.105. The molecule has 3 rings (SSSR count). The van der Waals surface area contributed by atoms with Gasteiger partial charge in [-0.1, -0.05) is 18.2 Å². The van der Waals surface area contributed by atoms with Crippen LogP contribution in [0.4, 0.5) is 5.69 Å². The molecule has 0 aliphatic rings. The number of nitrogens with one attached hydrogen (secondary N) is 1. The Morgan fingerprint density at radius 2 is 2.07 bits per heavy atom. The molecule has 0 saturated heterocycles. The van der Waals surface area contributed by atoms with Crippen LogP contribution in [0.2, 0.25) is 0 Å². The lowest BCUT2D eigenvalue weighted by Gasteiger charge is -2.04. The van der Waals surface area contributed by atoms with Gasteiger partial charge in [-0.2, -0.15) is 10.2 Å². The van der Waals surface area contributed by atoms with Crippen molar-refractivity contribution in [3.8, 4) is 11.5 Å². The molecule has 148 valence electrons. The molecule has 3 aromatic rings. The molecule has 0 aliphatic heterocycles. The summed E-state index contributed by atoms with van der Waals surface area (Å²) in [6.45, 7) is 0.353. The van der Waals surface area contributed by atoms with E-state index in [0.29, 0.717) is 17.9 Å². The van der Waals surface area contributed by atoms with E-state index < -0.39 is 10.8 Å². The van der Waals surface area contributed by atoms with Crippen LogP contribution in [0.5, 0.6) is 11.5 Å². The van der Waals surface area contributed by atoms with Crippen LogP contribution in [0.25, 0.3) is 0 Å². The first-order chi connectivity index (χ1) is 14.0. The molecule has 0 atom stereocenters. The Kier molecular flexibility index (Phi) is 5.83. The number of ether oxygens (including phenoxy) is 1. The normalized spacial score (nSPS) is 10.8. The Bertz CT molecular complexity index is 1060. The van der Waals surface area contributed by atoms with Gasteiger partial charge in [-0.3, -0.25) is 19.6 Å². The number of aromatic hydroxyl groups is 1. The van der Waals surface area contributed by atoms with Crippen LogP contribution < -0.4 is 10.2 Å². The maximum Gasteiger partial charge on any atom is 0.291 e. The molecule has 0 aliphatic carbocycles. The molecule has 1 heterocycles. The van der Waals surface area contributed by atoms with Crippen LogP contribution in [0, 0.1) is 10.1 Å². The predicted octanol–water partition coefficient (Wildman–Crippen LogP) is 2.32. The fourth-order valence-corrected chi connectivity index (χ4v) is 2.51. The third-order valence-electron chi connectivity index (χ3n) is 3.98. The summed E-state index contributed by atoms with van der Waals surface area (Å²) < 4.78 is 6.54. The smallest absolute Gasteiger partial charge is 0.291 e. The van der Waals surface area contributed by atoms with Crippen molar-refractivity contribution in [1.29, 1.82) is 0 Å². The van der Waals surface area contributed by atoms with E-state index in [-0.39, 0.29) is 17.1 Å². The summed E-state index contributed by atoms with van der Waals surface area (Å²) in [6.07, 6.45) is 2.91. The third kappa shape index (κ3) is 4.75. The van der Waals surface area contributed by atoms with Crippen LogP contribution in [0.3, 0.4) is 0 Å². The van der Waals surface area contributed by atoms with Gasteiger partial charge in [0.15, 0.2) is 17.2 Å². The molecule has 0 unspecified atom stereocenters. The number of nitro benzene ring substituents is 1. The second-order valence-corrected chi connectivity index (χ2v) is 5.92. The molecule has 0 radical (unpaired) electrons. The minimum atomic E-state index is -0.522. The second-order valence-electron chi connectivity index (χ2n) is 5.92. The van der Waals surface area contributed by atoms with Gasteiger partial charge in [-0.15, -0.1) is 0 Å². The van der Waals surface area contributed by atoms with Gasteiger partial charge < -0.3 is 9.84 Å². The van der Waals surface area contributed by atoms with E-state index in [1.807, 2.05) is 0 Å². The summed E-state index contributed by atoms with van der Waals surface area (Å²) in [7, 11) is 1.44. The molecule has 2 N–H and O–H groups in total. The Hall–Kier alpha value is -4.21. The first-order valence-electron chi connectivity index (χ1n) is 8.44. The molecule has 10 heteroatoms. The lowest BCUT2D eigenvalue weighted by atomic mass is 10.2. The van der Waals surface area contributed by atoms with Crippen molar-refractivity contribution in [1.82, 2.24) is 15.2 Å². The molecule has 1 aromatic heterocycles. The summed E-state index contributed by atoms with van der Waals surface area (Å²) in [5.41, 5.74) is 3.68. The fourth-order valence-electron chi connectivity index (χ4n) is 2.51. The van der Waals surface area contributed by atoms with Gasteiger partial charge in [-0.05, 0) is 23.8 Å². The molecular weight excluding hydrogens is 378 g/mol. The molecule has 29 heavy (non-hydrogen) atoms. The lowest BCUT2D eigenvalue weighted by molar-refractivity contribution is -0.384. The maximum atomic E-state index is 12.2. The minimum absolute atomic E-state index is 0.00853. The molecule has 0 bridgehead atoms. The number of aromatic nitrogens is 2. The van der Waals surface area contributed by atoms with E-state index >= 15 is 0 Å². The van der Waals surface area contributed by atoms with Gasteiger partial charge in [0.25, 0.3) is 11.6 Å². The number of nitro groups is 1. The number of hydrazone groups is 1. The highest BCUT2D eigenvalue weighted by molar-refractivity contribution is 5.93. The number of amides is 1. The quantitative estimate of drug-likeness (QED) is 0.358. The van der Waals surface area contributed by atoms with E-state index in [2.05, 4.69) is 15.6 Å². The van der Waals surface area contributed by atoms with Gasteiger partial charge in [0.2, 0.25) is 0 Å². The highest BCUT2D eigenvalue weighted by Gasteiger charge is 2.10. The number of phenolic OH excluding ortho intramolecular Hbond substituents is 1. The van der Waals surface area contributed by atoms with Crippen molar-refractivity contribution in [3.05, 3.63) is 81.7 Å². The number of para-hydroxylation sites is 1. The first-order valence-corrected chi connectivity index (χ1v) is 8.44. The van der Waals surface area contributed by atoms with Gasteiger partial charge in [0.05, 0.1) is 24.8 Å². The van der Waals surface area contributed by atoms with E-state index in [9.17, 15) is 20.0 Å². The summed E-state index contributed by atoms with van der Waals surface area (Å²) >= 11 is 0. The maximum absolute atomic E-state index is 12.2. The van der Waals surface area contributed by atoms with E-state index in [4.69, 9.17) is 4.74 Å². The number of methoxy groups -OCH3 is 1. The minimum Gasteiger partial charge on any atom is -0.504 e. The lowest BCUT2D eigenvalue weighted by Crippen LogP contribution is -2.18. The van der Waals surface area contributed by atoms with Crippen LogP contribution >= 0.6 is 0 Å². The number of carbonyl (C=O) groups is 1. The molecule has 0 saturated carbocycles. The van der Waals surface area contributed by atoms with E-state index in [1.165, 1.54) is 36.2 Å². The summed E-state index contributed by atoms with van der Waals surface area (Å²) in [6, 6.07) is 12.5. The van der Waals surface area contributed by atoms with E-state index in [0.717, 1.165) is 5.56 Å². The second kappa shape index (κ2) is 8.65. The average Bonchev–Trinajstić information content (AvgIpc) is 3.18. The zero-order valence-electron chi connectivity index (χ0n) is 15.3. The number of rotatable bonds is 7. The van der Waals surface area contributed by atoms with Gasteiger partial charge in [0, 0.05) is 23.9 Å². The van der Waals surface area contributed by atoms with Crippen molar-refractivity contribution in [2.75, 3.05) is 7.11 Å². The summed E-state index contributed by atoms with van der Waals surface area (Å²) in [4.78, 5) is 22.4. The number of non-ortho nitro benzene ring substituents is 1. The molecule has 0 spiro atoms. The van der Waals surface area contributed by atoms with E-state index in [1.54, 1.807) is 36.5 Å². The van der Waals surface area contributed by atoms with Crippen molar-refractivity contribution in [2.24, 2.45) is 5.10 Å². The van der Waals surface area contributed by atoms with Crippen molar-refractivity contribution in [2.45, 2.75) is 6.54 Å². The number of hydrogen-bond donors (Lipinski definition) is 2. The standard InChI is InChI=1S/C19H17N5O5/c1-29-17-4-2-3-14(18(17)25)11-20-21-19(26)16-9-10-23(22-16)12-13-5-7-15(8-6-13)24(27)28/h2-11,25H,12H2,1H3,(H,21,26)/b20-11+. The third-order valence-corrected chi connectivity index (χ3v) is 3.98. The highest BCUT2D eigenvalue weighted by atomic mass is 16.6. The zero-order valence-corrected chi connectivity index (χ0v) is 15.3. The molecule has 1 amide bonds. The monoisotopic (exact) mass is 395 g/mol. The first kappa shape index (κ1) is 19.5. The Balaban J connectivity index is 1.61. The SMILES string of the molecule is COc1cccc(/C=N/NC(=O)c2ccn(Cc3ccc([N+](=O)[O-])cc3)n2)c1O. The predicted molar refractivity (Wildman–Crippen MR) is 104 cm³/mol. The number of benzene rings is 2. The summed E-state index contributed by atoms with van der Waals surface area (Å²) in [5, 5.41) is 28.7. The molecular formula is C19H17N5O5. The Morgan fingerprint density at radius 1 is 1.31 bits per heavy atom. The average molecular weight is 395 g/mol. The van der Waals surface area contributed by atoms with Crippen molar-refractivity contribution in [3.63, 3.8) is 0 Å². The molecule has 10 nitrogen and oxygen atoms in total. The zero-order chi connectivity index (χ0) is 20.8. The number of carbonyl (C=O) groups excluding carboxylic acids is 1. The largest absolute Gasteiger partial charge is 0.504 e. The number of nitrogens with zero attached hydrogens (tertiary/aromatic N) is 4. The van der Waals surface area contributed by atoms with Gasteiger partial charge in [-0.25, -0.2) is 5.43 Å². The number of phenols is 1. The Morgan fingerprint density at radius 3 is 2.76 bits per heavy atom. The van der Waals surface area contributed by atoms with Crippen molar-refractivity contribution < 1.29 is 19.6 Å². The van der Waals surface area contributed by atoms with Crippen LogP contribution in [0.15, 0.2) is 59.8 Å². The number of hydrogen-bond acceptors (Lipinski definition) is 7. The van der Waals surface area contributed by atoms with Crippen LogP contribution in [-0.4, -0.2) is 39.0 Å². The van der Waals surface area contributed by atoms with Crippen LogP contribution in [0.1, 0.15) is 21.6 Å². The molecule has 0 fully saturated rings. The van der Waals surface area contributed by atoms with Gasteiger partial charge in [0.1, 0.15) is 0 Å². The summed E-state index contributed by atoms with van der Waals surface area (Å²) in [5.74, 6) is -0.309. The van der Waals surface area contributed by atoms with Crippen LogP contribution in [-0.2, 0) is 6.54 Å². The van der Waals surface area contributed by atoms with Crippen molar-refractivity contribution >= 4 is 17.8 Å². The topological polar surface area (TPSA) is 132 Å². The molecule has 2 aromatic carbocycles. The highest BCUT2D eigenvalue weighted by Crippen LogP contribution is 2.27. The van der Waals surface area contributed by atoms with Gasteiger partial charge >= 0.3 is 0 Å². The Labute approximate surface area is 165 Å².